The summed E-state index contributed by atoms with van der Waals surface area (Å²) in [6, 6.07) is 25.8. The molecule has 3 aromatic carbocycles. The molecule has 0 saturated carbocycles. The van der Waals surface area contributed by atoms with E-state index in [0.29, 0.717) is 30.4 Å². The number of nitrogens with zero attached hydrogens (tertiary/aromatic N) is 3. The molecule has 1 fully saturated rings. The molecule has 0 spiro atoms. The Bertz CT molecular complexity index is 1540. The van der Waals surface area contributed by atoms with Gasteiger partial charge in [-0.05, 0) is 67.5 Å². The van der Waals surface area contributed by atoms with Crippen molar-refractivity contribution in [3.05, 3.63) is 113 Å². The van der Waals surface area contributed by atoms with E-state index in [0.717, 1.165) is 41.0 Å². The van der Waals surface area contributed by atoms with E-state index in [1.807, 2.05) is 36.4 Å². The molecule has 38 heavy (non-hydrogen) atoms. The molecule has 5 rings (SSSR count). The van der Waals surface area contributed by atoms with Gasteiger partial charge in [-0.2, -0.15) is 4.31 Å². The second-order valence-corrected chi connectivity index (χ2v) is 12.6. The Morgan fingerprint density at radius 1 is 0.974 bits per heavy atom. The Labute approximate surface area is 229 Å². The van der Waals surface area contributed by atoms with E-state index in [-0.39, 0.29) is 0 Å². The molecule has 5 nitrogen and oxygen atoms in total. The summed E-state index contributed by atoms with van der Waals surface area (Å²) in [6.45, 7) is 7.71. The van der Waals surface area contributed by atoms with Crippen molar-refractivity contribution in [2.45, 2.75) is 37.6 Å². The monoisotopic (exact) mass is 543 g/mol. The van der Waals surface area contributed by atoms with Gasteiger partial charge in [-0.15, -0.1) is 17.9 Å². The van der Waals surface area contributed by atoms with Gasteiger partial charge in [-0.1, -0.05) is 66.2 Å². The van der Waals surface area contributed by atoms with Crippen LogP contribution >= 0.6 is 11.3 Å². The predicted octanol–water partition coefficient (Wildman–Crippen LogP) is 6.59. The summed E-state index contributed by atoms with van der Waals surface area (Å²) in [7, 11) is -3.52. The van der Waals surface area contributed by atoms with Gasteiger partial charge in [0.25, 0.3) is 0 Å². The zero-order chi connectivity index (χ0) is 26.5. The minimum absolute atomic E-state index is 0.345. The van der Waals surface area contributed by atoms with E-state index in [4.69, 9.17) is 4.99 Å². The molecule has 1 aliphatic rings. The summed E-state index contributed by atoms with van der Waals surface area (Å²) in [5.74, 6) is 0.518. The van der Waals surface area contributed by atoms with Gasteiger partial charge in [-0.3, -0.25) is 0 Å². The van der Waals surface area contributed by atoms with Crippen LogP contribution < -0.4 is 4.80 Å². The third kappa shape index (κ3) is 5.90. The highest BCUT2D eigenvalue weighted by atomic mass is 32.2. The van der Waals surface area contributed by atoms with Gasteiger partial charge in [-0.25, -0.2) is 13.4 Å². The number of benzene rings is 3. The molecule has 0 radical (unpaired) electrons. The maximum Gasteiger partial charge on any atom is 0.243 e. The first-order chi connectivity index (χ1) is 18.4. The van der Waals surface area contributed by atoms with E-state index in [1.165, 1.54) is 11.1 Å². The van der Waals surface area contributed by atoms with Gasteiger partial charge in [0, 0.05) is 25.0 Å². The van der Waals surface area contributed by atoms with Crippen molar-refractivity contribution >= 4 is 27.0 Å². The number of aromatic nitrogens is 1. The number of allylic oxidation sites excluding steroid dienone is 1. The van der Waals surface area contributed by atoms with Crippen molar-refractivity contribution in [3.63, 3.8) is 0 Å². The fraction of sp³-hybridized carbons (Fsp3) is 0.258. The number of hydrogen-bond acceptors (Lipinski definition) is 4. The minimum Gasteiger partial charge on any atom is -0.313 e. The van der Waals surface area contributed by atoms with Crippen LogP contribution in [-0.4, -0.2) is 30.4 Å². The SMILES string of the molecule is C=CCn1c(-c2ccc(S(=O)(=O)N3CCC(Cc4ccccc4)CC3)cc2)csc1=Nc1ccc(C)cc1. The summed E-state index contributed by atoms with van der Waals surface area (Å²) < 4.78 is 30.5. The van der Waals surface area contributed by atoms with Gasteiger partial charge in [0.2, 0.25) is 10.0 Å². The van der Waals surface area contributed by atoms with Crippen molar-refractivity contribution in [2.75, 3.05) is 13.1 Å². The average Bonchev–Trinajstić information content (AvgIpc) is 3.33. The predicted molar refractivity (Wildman–Crippen MR) is 156 cm³/mol. The fourth-order valence-electron chi connectivity index (χ4n) is 4.93. The highest BCUT2D eigenvalue weighted by Crippen LogP contribution is 2.28. The van der Waals surface area contributed by atoms with Crippen LogP contribution in [0.15, 0.2) is 107 Å². The van der Waals surface area contributed by atoms with Crippen molar-refractivity contribution in [2.24, 2.45) is 10.9 Å². The summed E-state index contributed by atoms with van der Waals surface area (Å²) in [5.41, 5.74) is 5.36. The number of thiazole rings is 1. The molecule has 1 aliphatic heterocycles. The third-order valence-corrected chi connectivity index (χ3v) is 9.87. The quantitative estimate of drug-likeness (QED) is 0.236. The fourth-order valence-corrected chi connectivity index (χ4v) is 7.34. The smallest absolute Gasteiger partial charge is 0.243 e. The number of rotatable bonds is 8. The number of sulfonamides is 1. The number of piperidine rings is 1. The van der Waals surface area contributed by atoms with Crippen molar-refractivity contribution < 1.29 is 8.42 Å². The zero-order valence-electron chi connectivity index (χ0n) is 21.7. The molecule has 196 valence electrons. The van der Waals surface area contributed by atoms with Crippen LogP contribution in [0.1, 0.15) is 24.0 Å². The normalized spacial score (nSPS) is 15.6. The van der Waals surface area contributed by atoms with Gasteiger partial charge in [0.05, 0.1) is 16.3 Å². The number of aryl methyl sites for hydroxylation is 1. The van der Waals surface area contributed by atoms with Crippen molar-refractivity contribution in [1.29, 1.82) is 0 Å². The third-order valence-electron chi connectivity index (χ3n) is 7.10. The molecular formula is C31H33N3O2S2. The lowest BCUT2D eigenvalue weighted by atomic mass is 9.91. The molecule has 0 atom stereocenters. The van der Waals surface area contributed by atoms with Crippen LogP contribution in [0.2, 0.25) is 0 Å². The lowest BCUT2D eigenvalue weighted by Crippen LogP contribution is -2.38. The Kier molecular flexibility index (Phi) is 8.07. The minimum atomic E-state index is -3.52. The Morgan fingerprint density at radius 2 is 1.66 bits per heavy atom. The molecule has 2 heterocycles. The van der Waals surface area contributed by atoms with Gasteiger partial charge >= 0.3 is 0 Å². The lowest BCUT2D eigenvalue weighted by molar-refractivity contribution is 0.273. The number of hydrogen-bond donors (Lipinski definition) is 0. The first-order valence-corrected chi connectivity index (χ1v) is 15.3. The highest BCUT2D eigenvalue weighted by Gasteiger charge is 2.29. The van der Waals surface area contributed by atoms with Crippen LogP contribution in [0.4, 0.5) is 5.69 Å². The molecule has 0 N–H and O–H groups in total. The van der Waals surface area contributed by atoms with Crippen LogP contribution in [0.25, 0.3) is 11.3 Å². The summed E-state index contributed by atoms with van der Waals surface area (Å²) >= 11 is 1.57. The maximum atomic E-state index is 13.4. The van der Waals surface area contributed by atoms with Crippen molar-refractivity contribution in [1.82, 2.24) is 8.87 Å². The molecule has 0 aliphatic carbocycles. The largest absolute Gasteiger partial charge is 0.313 e. The van der Waals surface area contributed by atoms with Crippen LogP contribution in [0.5, 0.6) is 0 Å². The second-order valence-electron chi connectivity index (χ2n) is 9.81. The van der Waals surface area contributed by atoms with Gasteiger partial charge in [0.1, 0.15) is 0 Å². The van der Waals surface area contributed by atoms with E-state index in [1.54, 1.807) is 27.8 Å². The summed E-state index contributed by atoms with van der Waals surface area (Å²) in [4.78, 5) is 6.05. The topological polar surface area (TPSA) is 54.7 Å². The molecule has 1 saturated heterocycles. The molecule has 0 unspecified atom stereocenters. The molecule has 1 aromatic heterocycles. The molecular weight excluding hydrogens is 510 g/mol. The highest BCUT2D eigenvalue weighted by molar-refractivity contribution is 7.89. The Morgan fingerprint density at radius 3 is 2.32 bits per heavy atom. The summed E-state index contributed by atoms with van der Waals surface area (Å²) in [6.07, 6.45) is 4.63. The Balaban J connectivity index is 1.32. The van der Waals surface area contributed by atoms with Crippen LogP contribution in [0.3, 0.4) is 0 Å². The van der Waals surface area contributed by atoms with Crippen LogP contribution in [0, 0.1) is 12.8 Å². The molecule has 7 heteroatoms. The zero-order valence-corrected chi connectivity index (χ0v) is 23.3. The van der Waals surface area contributed by atoms with E-state index < -0.39 is 10.0 Å². The van der Waals surface area contributed by atoms with Gasteiger partial charge in [0.15, 0.2) is 4.80 Å². The second kappa shape index (κ2) is 11.6. The standard InChI is InChI=1S/C31H33N3O2S2/c1-3-19-34-30(23-37-31(34)32-28-13-9-24(2)10-14-28)27-11-15-29(16-12-27)38(35,36)33-20-17-26(18-21-33)22-25-7-5-4-6-8-25/h3-16,23,26H,1,17-22H2,2H3. The van der Waals surface area contributed by atoms with Crippen LogP contribution in [-0.2, 0) is 23.0 Å². The average molecular weight is 544 g/mol. The van der Waals surface area contributed by atoms with Gasteiger partial charge < -0.3 is 4.57 Å². The molecule has 0 amide bonds. The first kappa shape index (κ1) is 26.4. The van der Waals surface area contributed by atoms with Crippen molar-refractivity contribution in [3.8, 4) is 11.3 Å². The Hall–Kier alpha value is -3.26. The summed E-state index contributed by atoms with van der Waals surface area (Å²) in [5, 5.41) is 2.07. The maximum absolute atomic E-state index is 13.4. The molecule has 4 aromatic rings. The van der Waals surface area contributed by atoms with E-state index >= 15 is 0 Å². The van der Waals surface area contributed by atoms with E-state index in [9.17, 15) is 8.42 Å². The first-order valence-electron chi connectivity index (χ1n) is 13.0. The molecule has 0 bridgehead atoms. The van der Waals surface area contributed by atoms with E-state index in [2.05, 4.69) is 59.8 Å². The lowest BCUT2D eigenvalue weighted by Gasteiger charge is -2.31.